The molecule has 2 aliphatic heterocycles. The van der Waals surface area contributed by atoms with Crippen molar-refractivity contribution in [1.29, 1.82) is 0 Å². The lowest BCUT2D eigenvalue weighted by atomic mass is 9.96. The molecule has 0 atom stereocenters. The minimum atomic E-state index is 0.162. The number of aromatic nitrogens is 2. The van der Waals surface area contributed by atoms with Gasteiger partial charge in [0, 0.05) is 18.9 Å². The highest BCUT2D eigenvalue weighted by Crippen LogP contribution is 2.31. The number of ether oxygens (including phenoxy) is 1. The molecule has 0 aliphatic carbocycles. The van der Waals surface area contributed by atoms with Crippen molar-refractivity contribution in [3.05, 3.63) is 36.0 Å². The largest absolute Gasteiger partial charge is 0.490 e. The number of rotatable bonds is 4. The molecule has 26 heavy (non-hydrogen) atoms. The Balaban J connectivity index is 1.28. The number of hydrogen-bond acceptors (Lipinski definition) is 6. The van der Waals surface area contributed by atoms with Crippen molar-refractivity contribution in [2.75, 3.05) is 37.7 Å². The number of para-hydroxylation sites is 2. The number of fused-ring (bicyclic) bond motifs is 1. The number of hydrogen-bond donors (Lipinski definition) is 0. The molecule has 0 spiro atoms. The van der Waals surface area contributed by atoms with Crippen LogP contribution in [0.25, 0.3) is 0 Å². The summed E-state index contributed by atoms with van der Waals surface area (Å²) in [6.45, 7) is 5.72. The zero-order valence-electron chi connectivity index (χ0n) is 15.1. The summed E-state index contributed by atoms with van der Waals surface area (Å²) in [5.41, 5.74) is 0.884. The van der Waals surface area contributed by atoms with Gasteiger partial charge < -0.3 is 19.1 Å². The van der Waals surface area contributed by atoms with Crippen LogP contribution in [0.5, 0.6) is 5.75 Å². The van der Waals surface area contributed by atoms with Gasteiger partial charge in [-0.3, -0.25) is 4.79 Å². The normalized spacial score (nSPS) is 18.4. The average Bonchev–Trinajstić information content (AvgIpc) is 3.12. The van der Waals surface area contributed by atoms with Crippen molar-refractivity contribution in [2.45, 2.75) is 32.1 Å². The van der Waals surface area contributed by atoms with Crippen molar-refractivity contribution >= 4 is 11.6 Å². The van der Waals surface area contributed by atoms with Crippen molar-refractivity contribution in [3.8, 4) is 5.75 Å². The van der Waals surface area contributed by atoms with Crippen LogP contribution >= 0.6 is 0 Å². The van der Waals surface area contributed by atoms with Crippen LogP contribution in [-0.2, 0) is 4.79 Å². The summed E-state index contributed by atoms with van der Waals surface area (Å²) in [5.74, 6) is 2.74. The van der Waals surface area contributed by atoms with Gasteiger partial charge >= 0.3 is 0 Å². The number of benzene rings is 1. The van der Waals surface area contributed by atoms with Crippen molar-refractivity contribution in [1.82, 2.24) is 15.0 Å². The van der Waals surface area contributed by atoms with E-state index in [1.807, 2.05) is 36.1 Å². The van der Waals surface area contributed by atoms with Gasteiger partial charge in [0.15, 0.2) is 5.82 Å². The third-order valence-corrected chi connectivity index (χ3v) is 5.15. The molecule has 7 nitrogen and oxygen atoms in total. The molecule has 1 fully saturated rings. The Morgan fingerprint density at radius 3 is 2.81 bits per heavy atom. The number of nitrogens with zero attached hydrogens (tertiary/aromatic N) is 4. The Morgan fingerprint density at radius 1 is 1.23 bits per heavy atom. The summed E-state index contributed by atoms with van der Waals surface area (Å²) in [6.07, 6.45) is 2.52. The first-order valence-electron chi connectivity index (χ1n) is 9.25. The highest BCUT2D eigenvalue weighted by atomic mass is 16.5. The third-order valence-electron chi connectivity index (χ3n) is 5.15. The third kappa shape index (κ3) is 3.58. The van der Waals surface area contributed by atoms with Crippen LogP contribution in [-0.4, -0.2) is 53.7 Å². The van der Waals surface area contributed by atoms with Crippen LogP contribution in [0, 0.1) is 6.92 Å². The van der Waals surface area contributed by atoms with Crippen LogP contribution in [0.2, 0.25) is 0 Å². The highest BCUT2D eigenvalue weighted by Gasteiger charge is 2.27. The van der Waals surface area contributed by atoms with Crippen molar-refractivity contribution in [2.24, 2.45) is 0 Å². The molecule has 2 aliphatic rings. The maximum Gasteiger partial charge on any atom is 0.229 e. The lowest BCUT2D eigenvalue weighted by molar-refractivity contribution is -0.119. The lowest BCUT2D eigenvalue weighted by Gasteiger charge is -2.32. The Labute approximate surface area is 152 Å². The van der Waals surface area contributed by atoms with Crippen molar-refractivity contribution in [3.63, 3.8) is 0 Å². The predicted molar refractivity (Wildman–Crippen MR) is 96.4 cm³/mol. The van der Waals surface area contributed by atoms with Gasteiger partial charge in [-0.1, -0.05) is 17.3 Å². The standard InChI is InChI=1S/C19H24N4O3/c1-14-20-19(26-21-14)15-6-9-22(10-7-15)11-8-18(24)23-12-13-25-17-5-3-2-4-16(17)23/h2-5,15H,6-13H2,1H3. The fraction of sp³-hybridized carbons (Fsp3) is 0.526. The Hall–Kier alpha value is -2.41. The number of carbonyl (C=O) groups excluding carboxylic acids is 1. The molecule has 2 aromatic rings. The van der Waals surface area contributed by atoms with E-state index in [0.29, 0.717) is 31.3 Å². The maximum atomic E-state index is 12.7. The summed E-state index contributed by atoms with van der Waals surface area (Å²) >= 11 is 0. The minimum absolute atomic E-state index is 0.162. The summed E-state index contributed by atoms with van der Waals surface area (Å²) in [6, 6.07) is 7.74. The molecule has 138 valence electrons. The van der Waals surface area contributed by atoms with Crippen molar-refractivity contribution < 1.29 is 14.1 Å². The quantitative estimate of drug-likeness (QED) is 0.838. The van der Waals surface area contributed by atoms with Gasteiger partial charge in [0.1, 0.15) is 12.4 Å². The van der Waals surface area contributed by atoms with E-state index in [4.69, 9.17) is 9.26 Å². The molecular formula is C19H24N4O3. The molecule has 0 unspecified atom stereocenters. The van der Waals surface area contributed by atoms with Gasteiger partial charge in [-0.2, -0.15) is 4.98 Å². The molecular weight excluding hydrogens is 332 g/mol. The van der Waals surface area contributed by atoms with E-state index < -0.39 is 0 Å². The number of likely N-dealkylation sites (tertiary alicyclic amines) is 1. The molecule has 3 heterocycles. The highest BCUT2D eigenvalue weighted by molar-refractivity contribution is 5.95. The first kappa shape index (κ1) is 17.0. The van der Waals surface area contributed by atoms with Crippen LogP contribution in [0.1, 0.15) is 36.9 Å². The Morgan fingerprint density at radius 2 is 2.04 bits per heavy atom. The van der Waals surface area contributed by atoms with E-state index in [9.17, 15) is 4.79 Å². The molecule has 1 saturated heterocycles. The number of amides is 1. The monoisotopic (exact) mass is 356 g/mol. The molecule has 0 bridgehead atoms. The van der Waals surface area contributed by atoms with E-state index in [-0.39, 0.29) is 5.91 Å². The van der Waals surface area contributed by atoms with E-state index in [0.717, 1.165) is 49.8 Å². The second-order valence-electron chi connectivity index (χ2n) is 6.91. The lowest BCUT2D eigenvalue weighted by Crippen LogP contribution is -2.41. The van der Waals surface area contributed by atoms with Gasteiger partial charge in [-0.15, -0.1) is 0 Å². The maximum absolute atomic E-state index is 12.7. The summed E-state index contributed by atoms with van der Waals surface area (Å²) < 4.78 is 10.9. The van der Waals surface area contributed by atoms with Gasteiger partial charge in [-0.05, 0) is 45.0 Å². The summed E-state index contributed by atoms with van der Waals surface area (Å²) in [4.78, 5) is 21.3. The second-order valence-corrected chi connectivity index (χ2v) is 6.91. The molecule has 1 amide bonds. The van der Waals surface area contributed by atoms with Crippen LogP contribution in [0.3, 0.4) is 0 Å². The summed E-state index contributed by atoms with van der Waals surface area (Å²) in [5, 5.41) is 3.88. The smallest absolute Gasteiger partial charge is 0.229 e. The molecule has 1 aromatic heterocycles. The fourth-order valence-corrected chi connectivity index (χ4v) is 3.70. The van der Waals surface area contributed by atoms with Crippen LogP contribution in [0.4, 0.5) is 5.69 Å². The SMILES string of the molecule is Cc1noc(C2CCN(CCC(=O)N3CCOc4ccccc43)CC2)n1. The predicted octanol–water partition coefficient (Wildman–Crippen LogP) is 2.37. The average molecular weight is 356 g/mol. The minimum Gasteiger partial charge on any atom is -0.490 e. The van der Waals surface area contributed by atoms with Crippen LogP contribution < -0.4 is 9.64 Å². The first-order valence-corrected chi connectivity index (χ1v) is 9.25. The second kappa shape index (κ2) is 7.45. The number of piperidine rings is 1. The van der Waals surface area contributed by atoms with E-state index in [1.54, 1.807) is 0 Å². The molecule has 1 aromatic carbocycles. The van der Waals surface area contributed by atoms with Crippen LogP contribution in [0.15, 0.2) is 28.8 Å². The van der Waals surface area contributed by atoms with E-state index in [1.165, 1.54) is 0 Å². The van der Waals surface area contributed by atoms with Gasteiger partial charge in [0.25, 0.3) is 0 Å². The van der Waals surface area contributed by atoms with Gasteiger partial charge in [-0.25, -0.2) is 0 Å². The molecule has 4 rings (SSSR count). The first-order chi connectivity index (χ1) is 12.7. The molecule has 7 heteroatoms. The molecule has 0 N–H and O–H groups in total. The zero-order valence-corrected chi connectivity index (χ0v) is 15.1. The van der Waals surface area contributed by atoms with E-state index >= 15 is 0 Å². The summed E-state index contributed by atoms with van der Waals surface area (Å²) in [7, 11) is 0. The number of carbonyl (C=O) groups is 1. The number of aryl methyl sites for hydroxylation is 1. The fourth-order valence-electron chi connectivity index (χ4n) is 3.70. The topological polar surface area (TPSA) is 71.7 Å². The Bertz CT molecular complexity index is 768. The Kier molecular flexibility index (Phi) is 4.88. The molecule has 0 saturated carbocycles. The number of anilines is 1. The molecule has 0 radical (unpaired) electrons. The van der Waals surface area contributed by atoms with Gasteiger partial charge in [0.05, 0.1) is 12.2 Å². The zero-order chi connectivity index (χ0) is 17.9. The van der Waals surface area contributed by atoms with E-state index in [2.05, 4.69) is 15.0 Å². The van der Waals surface area contributed by atoms with Gasteiger partial charge in [0.2, 0.25) is 11.8 Å².